The van der Waals surface area contributed by atoms with Crippen LogP contribution in [0, 0.1) is 0 Å². The molecule has 1 heterocycles. The van der Waals surface area contributed by atoms with Gasteiger partial charge in [-0.15, -0.1) is 0 Å². The molecule has 1 amide bonds. The molecule has 0 aliphatic heterocycles. The van der Waals surface area contributed by atoms with Gasteiger partial charge in [0.15, 0.2) is 5.76 Å². The lowest BCUT2D eigenvalue weighted by Crippen LogP contribution is -2.22. The van der Waals surface area contributed by atoms with E-state index in [4.69, 9.17) is 18.6 Å². The Kier molecular flexibility index (Phi) is 6.22. The fourth-order valence-corrected chi connectivity index (χ4v) is 2.85. The predicted octanol–water partition coefficient (Wildman–Crippen LogP) is 3.83. The van der Waals surface area contributed by atoms with Crippen molar-refractivity contribution in [1.82, 2.24) is 5.32 Å². The molecule has 1 N–H and O–H groups in total. The minimum atomic E-state index is -0.272. The fourth-order valence-electron chi connectivity index (χ4n) is 2.85. The van der Waals surface area contributed by atoms with E-state index in [9.17, 15) is 4.79 Å². The van der Waals surface area contributed by atoms with Crippen molar-refractivity contribution in [2.75, 3.05) is 21.3 Å². The molecular weight excluding hydrogens is 358 g/mol. The van der Waals surface area contributed by atoms with Gasteiger partial charge in [-0.25, -0.2) is 0 Å². The first kappa shape index (κ1) is 19.4. The summed E-state index contributed by atoms with van der Waals surface area (Å²) in [6, 6.07) is 16.6. The first-order chi connectivity index (χ1) is 13.6. The van der Waals surface area contributed by atoms with E-state index in [1.807, 2.05) is 42.5 Å². The highest BCUT2D eigenvalue weighted by molar-refractivity contribution is 5.91. The summed E-state index contributed by atoms with van der Waals surface area (Å²) >= 11 is 0. The molecule has 0 aliphatic rings. The summed E-state index contributed by atoms with van der Waals surface area (Å²) in [5.41, 5.74) is 1.86. The van der Waals surface area contributed by atoms with Gasteiger partial charge in [-0.3, -0.25) is 4.79 Å². The lowest BCUT2D eigenvalue weighted by molar-refractivity contribution is 0.0921. The Hall–Kier alpha value is -3.41. The molecule has 0 aliphatic carbocycles. The van der Waals surface area contributed by atoms with E-state index in [1.165, 1.54) is 0 Å². The van der Waals surface area contributed by atoms with Crippen LogP contribution < -0.4 is 19.5 Å². The minimum Gasteiger partial charge on any atom is -0.497 e. The second-order valence-corrected chi connectivity index (χ2v) is 6.15. The third-order valence-corrected chi connectivity index (χ3v) is 4.32. The number of rotatable bonds is 8. The van der Waals surface area contributed by atoms with Crippen LogP contribution in [-0.4, -0.2) is 27.2 Å². The Morgan fingerprint density at radius 3 is 2.46 bits per heavy atom. The van der Waals surface area contributed by atoms with Gasteiger partial charge in [0.1, 0.15) is 23.0 Å². The Morgan fingerprint density at radius 2 is 1.71 bits per heavy atom. The normalized spacial score (nSPS) is 10.4. The van der Waals surface area contributed by atoms with Gasteiger partial charge in [0.05, 0.1) is 21.3 Å². The van der Waals surface area contributed by atoms with Gasteiger partial charge in [0, 0.05) is 18.5 Å². The van der Waals surface area contributed by atoms with Gasteiger partial charge in [0.2, 0.25) is 0 Å². The van der Waals surface area contributed by atoms with Crippen molar-refractivity contribution in [2.45, 2.75) is 13.0 Å². The Balaban J connectivity index is 1.65. The van der Waals surface area contributed by atoms with Crippen molar-refractivity contribution in [3.8, 4) is 17.2 Å². The zero-order valence-corrected chi connectivity index (χ0v) is 16.2. The molecule has 3 aromatic rings. The first-order valence-corrected chi connectivity index (χ1v) is 8.83. The summed E-state index contributed by atoms with van der Waals surface area (Å²) in [4.78, 5) is 12.4. The molecule has 2 aromatic carbocycles. The third kappa shape index (κ3) is 4.65. The van der Waals surface area contributed by atoms with E-state index in [2.05, 4.69) is 5.32 Å². The number of furan rings is 1. The van der Waals surface area contributed by atoms with Gasteiger partial charge in [0.25, 0.3) is 5.91 Å². The number of nitrogens with one attached hydrogen (secondary N) is 1. The monoisotopic (exact) mass is 381 g/mol. The van der Waals surface area contributed by atoms with Crippen LogP contribution in [0.1, 0.15) is 27.4 Å². The number of hydrogen-bond donors (Lipinski definition) is 1. The molecule has 0 unspecified atom stereocenters. The van der Waals surface area contributed by atoms with Crippen molar-refractivity contribution in [1.29, 1.82) is 0 Å². The number of ether oxygens (including phenoxy) is 3. The SMILES string of the molecule is COc1cccc(CNC(=O)c2ccc(Cc3cc(OC)ccc3OC)o2)c1. The molecule has 1 aromatic heterocycles. The molecular formula is C22H23NO5. The highest BCUT2D eigenvalue weighted by atomic mass is 16.5. The van der Waals surface area contributed by atoms with Crippen LogP contribution in [0.3, 0.4) is 0 Å². The van der Waals surface area contributed by atoms with E-state index in [1.54, 1.807) is 33.5 Å². The Bertz CT molecular complexity index is 948. The number of carbonyl (C=O) groups is 1. The summed E-state index contributed by atoms with van der Waals surface area (Å²) < 4.78 is 21.6. The van der Waals surface area contributed by atoms with E-state index in [-0.39, 0.29) is 11.7 Å². The van der Waals surface area contributed by atoms with Crippen molar-refractivity contribution < 1.29 is 23.4 Å². The lowest BCUT2D eigenvalue weighted by atomic mass is 10.1. The summed E-state index contributed by atoms with van der Waals surface area (Å²) in [5.74, 6) is 2.88. The first-order valence-electron chi connectivity index (χ1n) is 8.83. The van der Waals surface area contributed by atoms with Crippen molar-refractivity contribution in [2.24, 2.45) is 0 Å². The molecule has 6 nitrogen and oxygen atoms in total. The number of methoxy groups -OCH3 is 3. The van der Waals surface area contributed by atoms with Crippen LogP contribution in [0.2, 0.25) is 0 Å². The van der Waals surface area contributed by atoms with Crippen LogP contribution in [0.15, 0.2) is 59.0 Å². The van der Waals surface area contributed by atoms with Crippen LogP contribution in [-0.2, 0) is 13.0 Å². The van der Waals surface area contributed by atoms with Crippen LogP contribution >= 0.6 is 0 Å². The van der Waals surface area contributed by atoms with Crippen molar-refractivity contribution >= 4 is 5.91 Å². The zero-order valence-electron chi connectivity index (χ0n) is 16.2. The van der Waals surface area contributed by atoms with Gasteiger partial charge >= 0.3 is 0 Å². The maximum atomic E-state index is 12.4. The molecule has 28 heavy (non-hydrogen) atoms. The van der Waals surface area contributed by atoms with Gasteiger partial charge < -0.3 is 23.9 Å². The van der Waals surface area contributed by atoms with E-state index in [0.29, 0.717) is 18.7 Å². The summed E-state index contributed by atoms with van der Waals surface area (Å²) in [5, 5.41) is 2.85. The molecule has 6 heteroatoms. The third-order valence-electron chi connectivity index (χ3n) is 4.32. The molecule has 3 rings (SSSR count). The highest BCUT2D eigenvalue weighted by Crippen LogP contribution is 2.27. The summed E-state index contributed by atoms with van der Waals surface area (Å²) in [7, 11) is 4.84. The average Bonchev–Trinajstić information content (AvgIpc) is 3.20. The molecule has 146 valence electrons. The smallest absolute Gasteiger partial charge is 0.287 e. The van der Waals surface area contributed by atoms with Crippen LogP contribution in [0.25, 0.3) is 0 Å². The molecule has 0 saturated carbocycles. The average molecular weight is 381 g/mol. The maximum Gasteiger partial charge on any atom is 0.287 e. The van der Waals surface area contributed by atoms with Crippen molar-refractivity contribution in [3.63, 3.8) is 0 Å². The van der Waals surface area contributed by atoms with E-state index in [0.717, 1.165) is 28.4 Å². The second-order valence-electron chi connectivity index (χ2n) is 6.15. The fraction of sp³-hybridized carbons (Fsp3) is 0.227. The van der Waals surface area contributed by atoms with Crippen LogP contribution in [0.5, 0.6) is 17.2 Å². The molecule has 0 bridgehead atoms. The predicted molar refractivity (Wildman–Crippen MR) is 105 cm³/mol. The zero-order chi connectivity index (χ0) is 19.9. The molecule has 0 saturated heterocycles. The van der Waals surface area contributed by atoms with Crippen molar-refractivity contribution in [3.05, 3.63) is 77.2 Å². The molecule has 0 radical (unpaired) electrons. The minimum absolute atomic E-state index is 0.264. The Morgan fingerprint density at radius 1 is 0.929 bits per heavy atom. The van der Waals surface area contributed by atoms with Gasteiger partial charge in [-0.2, -0.15) is 0 Å². The van der Waals surface area contributed by atoms with Crippen LogP contribution in [0.4, 0.5) is 0 Å². The number of carbonyl (C=O) groups excluding carboxylic acids is 1. The Labute approximate surface area is 164 Å². The number of amides is 1. The summed E-state index contributed by atoms with van der Waals surface area (Å²) in [6.07, 6.45) is 0.490. The van der Waals surface area contributed by atoms with E-state index >= 15 is 0 Å². The topological polar surface area (TPSA) is 69.9 Å². The van der Waals surface area contributed by atoms with E-state index < -0.39 is 0 Å². The molecule has 0 fully saturated rings. The van der Waals surface area contributed by atoms with Gasteiger partial charge in [-0.05, 0) is 48.0 Å². The second kappa shape index (κ2) is 8.99. The standard InChI is InChI=1S/C22H23NO5/c1-25-17-6-4-5-15(11-17)14-23-22(24)21-10-8-19(28-21)13-16-12-18(26-2)7-9-20(16)27-3/h4-12H,13-14H2,1-3H3,(H,23,24). The largest absolute Gasteiger partial charge is 0.497 e. The summed E-state index contributed by atoms with van der Waals surface area (Å²) in [6.45, 7) is 0.385. The molecule has 0 spiro atoms. The lowest BCUT2D eigenvalue weighted by Gasteiger charge is -2.09. The number of benzene rings is 2. The highest BCUT2D eigenvalue weighted by Gasteiger charge is 2.13. The maximum absolute atomic E-state index is 12.4. The molecule has 0 atom stereocenters. The number of hydrogen-bond acceptors (Lipinski definition) is 5. The van der Waals surface area contributed by atoms with Gasteiger partial charge in [-0.1, -0.05) is 12.1 Å². The quantitative estimate of drug-likeness (QED) is 0.642.